The van der Waals surface area contributed by atoms with Gasteiger partial charge in [0.1, 0.15) is 0 Å². The first-order chi connectivity index (χ1) is 10.2. The summed E-state index contributed by atoms with van der Waals surface area (Å²) in [6.45, 7) is 0.370. The van der Waals surface area contributed by atoms with E-state index in [9.17, 15) is 18.0 Å². The zero-order chi connectivity index (χ0) is 16.8. The smallest absolute Gasteiger partial charge is 0.303 e. The molecule has 0 unspecified atom stereocenters. The summed E-state index contributed by atoms with van der Waals surface area (Å²) in [5.74, 6) is -1.42. The molecular formula is C13H20N2O6S. The van der Waals surface area contributed by atoms with E-state index in [1.807, 2.05) is 0 Å². The van der Waals surface area contributed by atoms with Crippen molar-refractivity contribution in [3.8, 4) is 0 Å². The van der Waals surface area contributed by atoms with Gasteiger partial charge in [0.15, 0.2) is 5.76 Å². The van der Waals surface area contributed by atoms with E-state index in [0.717, 1.165) is 4.31 Å². The molecule has 1 amide bonds. The highest BCUT2D eigenvalue weighted by atomic mass is 32.2. The summed E-state index contributed by atoms with van der Waals surface area (Å²) in [6, 6.07) is 2.53. The Balaban J connectivity index is 2.44. The predicted molar refractivity (Wildman–Crippen MR) is 78.0 cm³/mol. The molecule has 1 rings (SSSR count). The lowest BCUT2D eigenvalue weighted by Crippen LogP contribution is -2.24. The predicted octanol–water partition coefficient (Wildman–Crippen LogP) is 0.905. The number of unbranched alkanes of at least 4 members (excludes halogenated alkanes) is 2. The van der Waals surface area contributed by atoms with Crippen LogP contribution in [0.5, 0.6) is 0 Å². The fourth-order valence-electron chi connectivity index (χ4n) is 1.63. The molecule has 0 bridgehead atoms. The summed E-state index contributed by atoms with van der Waals surface area (Å²) in [7, 11) is -0.960. The van der Waals surface area contributed by atoms with Crippen molar-refractivity contribution in [1.29, 1.82) is 0 Å². The van der Waals surface area contributed by atoms with E-state index in [0.29, 0.717) is 25.8 Å². The van der Waals surface area contributed by atoms with Gasteiger partial charge in [-0.3, -0.25) is 9.59 Å². The van der Waals surface area contributed by atoms with Gasteiger partial charge in [-0.15, -0.1) is 0 Å². The summed E-state index contributed by atoms with van der Waals surface area (Å²) in [6.07, 6.45) is 1.99. The Labute approximate surface area is 129 Å². The maximum atomic E-state index is 11.8. The van der Waals surface area contributed by atoms with Crippen molar-refractivity contribution in [2.24, 2.45) is 0 Å². The Morgan fingerprint density at radius 2 is 1.91 bits per heavy atom. The molecule has 1 aromatic rings. The molecule has 1 heterocycles. The summed E-state index contributed by atoms with van der Waals surface area (Å²) >= 11 is 0. The maximum absolute atomic E-state index is 11.8. The van der Waals surface area contributed by atoms with Crippen molar-refractivity contribution in [3.63, 3.8) is 0 Å². The quantitative estimate of drug-likeness (QED) is 0.649. The number of hydrogen-bond donors (Lipinski definition) is 2. The third kappa shape index (κ3) is 5.15. The van der Waals surface area contributed by atoms with Crippen LogP contribution in [0.1, 0.15) is 36.2 Å². The number of carbonyl (C=O) groups is 2. The van der Waals surface area contributed by atoms with E-state index in [1.54, 1.807) is 0 Å². The number of furan rings is 1. The minimum absolute atomic E-state index is 0.0778. The van der Waals surface area contributed by atoms with Crippen LogP contribution in [0.25, 0.3) is 0 Å². The second-order valence-corrected chi connectivity index (χ2v) is 6.95. The number of aliphatic carboxylic acids is 1. The topological polar surface area (TPSA) is 117 Å². The first kappa shape index (κ1) is 18.2. The molecule has 124 valence electrons. The molecule has 2 N–H and O–H groups in total. The number of hydrogen-bond acceptors (Lipinski definition) is 5. The molecule has 0 atom stereocenters. The van der Waals surface area contributed by atoms with Gasteiger partial charge in [-0.1, -0.05) is 6.42 Å². The minimum atomic E-state index is -3.70. The summed E-state index contributed by atoms with van der Waals surface area (Å²) in [5, 5.41) is 10.8. The van der Waals surface area contributed by atoms with Gasteiger partial charge >= 0.3 is 5.97 Å². The second kappa shape index (κ2) is 7.95. The van der Waals surface area contributed by atoms with Crippen LogP contribution in [-0.2, 0) is 14.8 Å². The van der Waals surface area contributed by atoms with E-state index in [-0.39, 0.29) is 17.3 Å². The molecule has 0 saturated carbocycles. The number of rotatable bonds is 9. The number of amides is 1. The zero-order valence-corrected chi connectivity index (χ0v) is 13.4. The molecule has 9 heteroatoms. The van der Waals surface area contributed by atoms with Crippen LogP contribution >= 0.6 is 0 Å². The number of sulfonamides is 1. The van der Waals surface area contributed by atoms with Crippen molar-refractivity contribution < 1.29 is 27.5 Å². The van der Waals surface area contributed by atoms with Crippen LogP contribution < -0.4 is 5.32 Å². The molecule has 0 saturated heterocycles. The van der Waals surface area contributed by atoms with Gasteiger partial charge in [-0.05, 0) is 25.0 Å². The van der Waals surface area contributed by atoms with Crippen LogP contribution in [0.2, 0.25) is 0 Å². The van der Waals surface area contributed by atoms with Crippen molar-refractivity contribution in [3.05, 3.63) is 17.9 Å². The summed E-state index contributed by atoms with van der Waals surface area (Å²) < 4.78 is 29.7. The lowest BCUT2D eigenvalue weighted by molar-refractivity contribution is -0.137. The molecular weight excluding hydrogens is 312 g/mol. The van der Waals surface area contributed by atoms with E-state index >= 15 is 0 Å². The SMILES string of the molecule is CN(C)S(=O)(=O)c1ccc(C(=O)NCCCCCC(=O)O)o1. The fraction of sp³-hybridized carbons (Fsp3) is 0.538. The van der Waals surface area contributed by atoms with Crippen molar-refractivity contribution in [1.82, 2.24) is 9.62 Å². The van der Waals surface area contributed by atoms with Crippen LogP contribution in [0.4, 0.5) is 0 Å². The van der Waals surface area contributed by atoms with E-state index in [2.05, 4.69) is 5.32 Å². The lowest BCUT2D eigenvalue weighted by atomic mass is 10.2. The molecule has 0 aliphatic carbocycles. The normalized spacial score (nSPS) is 11.6. The van der Waals surface area contributed by atoms with Gasteiger partial charge in [-0.25, -0.2) is 12.7 Å². The van der Waals surface area contributed by atoms with Crippen LogP contribution in [-0.4, -0.2) is 50.3 Å². The van der Waals surface area contributed by atoms with E-state index < -0.39 is 21.9 Å². The van der Waals surface area contributed by atoms with Crippen LogP contribution in [0, 0.1) is 0 Å². The first-order valence-corrected chi connectivity index (χ1v) is 8.21. The molecule has 0 aromatic carbocycles. The molecule has 0 radical (unpaired) electrons. The highest BCUT2D eigenvalue weighted by molar-refractivity contribution is 7.88. The molecule has 8 nitrogen and oxygen atoms in total. The Kier molecular flexibility index (Phi) is 6.57. The van der Waals surface area contributed by atoms with Crippen molar-refractivity contribution in [2.75, 3.05) is 20.6 Å². The molecule has 0 aliphatic rings. The maximum Gasteiger partial charge on any atom is 0.303 e. The highest BCUT2D eigenvalue weighted by Gasteiger charge is 2.23. The molecule has 1 aromatic heterocycles. The van der Waals surface area contributed by atoms with Crippen LogP contribution in [0.15, 0.2) is 21.6 Å². The van der Waals surface area contributed by atoms with Crippen molar-refractivity contribution >= 4 is 21.9 Å². The van der Waals surface area contributed by atoms with E-state index in [1.165, 1.54) is 26.2 Å². The van der Waals surface area contributed by atoms with Gasteiger partial charge in [-0.2, -0.15) is 0 Å². The monoisotopic (exact) mass is 332 g/mol. The minimum Gasteiger partial charge on any atom is -0.481 e. The number of carboxylic acid groups (broad SMARTS) is 1. The van der Waals surface area contributed by atoms with Gasteiger partial charge in [0.25, 0.3) is 15.9 Å². The average molecular weight is 332 g/mol. The Hall–Kier alpha value is -1.87. The molecule has 0 aliphatic heterocycles. The van der Waals surface area contributed by atoms with Gasteiger partial charge in [0.2, 0.25) is 5.09 Å². The fourth-order valence-corrected chi connectivity index (χ4v) is 2.42. The third-order valence-corrected chi connectivity index (χ3v) is 4.58. The Morgan fingerprint density at radius 1 is 1.23 bits per heavy atom. The van der Waals surface area contributed by atoms with E-state index in [4.69, 9.17) is 9.52 Å². The van der Waals surface area contributed by atoms with Crippen LogP contribution in [0.3, 0.4) is 0 Å². The van der Waals surface area contributed by atoms with Gasteiger partial charge < -0.3 is 14.8 Å². The largest absolute Gasteiger partial charge is 0.481 e. The summed E-state index contributed by atoms with van der Waals surface area (Å²) in [5.41, 5.74) is 0. The molecule has 22 heavy (non-hydrogen) atoms. The standard InChI is InChI=1S/C13H20N2O6S/c1-15(2)22(19,20)12-8-7-10(21-12)13(18)14-9-5-3-4-6-11(16)17/h7-8H,3-6,9H2,1-2H3,(H,14,18)(H,16,17). The number of carbonyl (C=O) groups excluding carboxylic acids is 1. The zero-order valence-electron chi connectivity index (χ0n) is 12.5. The number of carboxylic acids is 1. The lowest BCUT2D eigenvalue weighted by Gasteiger charge is -2.07. The van der Waals surface area contributed by atoms with Gasteiger partial charge in [0.05, 0.1) is 0 Å². The second-order valence-electron chi connectivity index (χ2n) is 4.87. The molecule has 0 spiro atoms. The highest BCUT2D eigenvalue weighted by Crippen LogP contribution is 2.16. The summed E-state index contributed by atoms with van der Waals surface area (Å²) in [4.78, 5) is 22.1. The van der Waals surface area contributed by atoms with Crippen molar-refractivity contribution in [2.45, 2.75) is 30.8 Å². The molecule has 0 fully saturated rings. The number of nitrogens with zero attached hydrogens (tertiary/aromatic N) is 1. The Morgan fingerprint density at radius 3 is 2.50 bits per heavy atom. The first-order valence-electron chi connectivity index (χ1n) is 6.77. The Bertz CT molecular complexity index is 620. The average Bonchev–Trinajstić information content (AvgIpc) is 2.92. The van der Waals surface area contributed by atoms with Gasteiger partial charge in [0, 0.05) is 27.1 Å². The number of nitrogens with one attached hydrogen (secondary N) is 1. The third-order valence-electron chi connectivity index (χ3n) is 2.89.